The molecular formula is C55H57F3N6O16S4. The third-order valence-electron chi connectivity index (χ3n) is 13.5. The first-order valence-electron chi connectivity index (χ1n) is 25.8. The van der Waals surface area contributed by atoms with Crippen molar-refractivity contribution in [3.8, 4) is 27.6 Å². The van der Waals surface area contributed by atoms with Crippen LogP contribution < -0.4 is 20.1 Å². The molecule has 2 amide bonds. The number of carbonyl (C=O) groups is 5. The van der Waals surface area contributed by atoms with E-state index in [4.69, 9.17) is 23.7 Å². The standard InChI is InChI=1S/C55H57F3N6O16S4/c1-27-45(68)36(24-41(79-27)80-39-25-55(73,40(67)26-65)17-15-29(39)46(69)31-23-37(66)28-9-7-14-38(76-5)42(28)47(31)70)61-52(71)77-19-21-81-82-22-20-78-53(72)63-51-59-18-16-35(60-51)48-44(62-50(83-48)54(2,3)4)30-10-6-13-34(43(30)58)64-84(74,75)49-32(56)11-8-12-33(49)57/h6-14,16,18,23,27,36,39,41,45,64-65,68-69,73H,15,17,19-22,24-26H2,1-5H3,(H,61,71)(H,59,60,63,72)/b46-29-/t27?,36?,39-,41?,45?,55-/m0/s1. The maximum absolute atomic E-state index is 16.3. The van der Waals surface area contributed by atoms with Crippen molar-refractivity contribution in [2.24, 2.45) is 0 Å². The smallest absolute Gasteiger partial charge is 0.414 e. The van der Waals surface area contributed by atoms with Gasteiger partial charge < -0.3 is 49.4 Å². The average Bonchev–Trinajstić information content (AvgIpc) is 4.07. The van der Waals surface area contributed by atoms with E-state index in [9.17, 15) is 61.6 Å². The Balaban J connectivity index is 0.816. The monoisotopic (exact) mass is 1240 g/mol. The molecular weight excluding hydrogens is 1190 g/mol. The second kappa shape index (κ2) is 26.5. The molecule has 2 aromatic heterocycles. The van der Waals surface area contributed by atoms with Crippen LogP contribution in [0.5, 0.6) is 5.75 Å². The predicted octanol–water partition coefficient (Wildman–Crippen LogP) is 7.99. The number of sulfonamides is 1. The quantitative estimate of drug-likeness (QED) is 0.0220. The van der Waals surface area contributed by atoms with Gasteiger partial charge in [-0.3, -0.25) is 24.4 Å². The zero-order chi connectivity index (χ0) is 60.8. The largest absolute Gasteiger partial charge is 0.507 e. The van der Waals surface area contributed by atoms with Gasteiger partial charge in [-0.1, -0.05) is 66.6 Å². The summed E-state index contributed by atoms with van der Waals surface area (Å²) >= 11 is 1.16. The molecule has 3 aliphatic rings. The molecule has 0 bridgehead atoms. The highest BCUT2D eigenvalue weighted by Gasteiger charge is 2.47. The van der Waals surface area contributed by atoms with E-state index in [2.05, 4.69) is 25.6 Å². The number of ether oxygens (including phenoxy) is 5. The molecule has 7 N–H and O–H groups in total. The van der Waals surface area contributed by atoms with Crippen LogP contribution in [0.2, 0.25) is 0 Å². The van der Waals surface area contributed by atoms with E-state index in [1.54, 1.807) is 0 Å². The molecule has 8 rings (SSSR count). The number of benzene rings is 3. The number of carbonyl (C=O) groups excluding carboxylic acids is 5. The molecule has 1 saturated carbocycles. The van der Waals surface area contributed by atoms with Crippen LogP contribution in [0, 0.1) is 17.5 Å². The first kappa shape index (κ1) is 63.1. The summed E-state index contributed by atoms with van der Waals surface area (Å²) in [4.78, 5) is 77.8. The highest BCUT2D eigenvalue weighted by Crippen LogP contribution is 2.44. The summed E-state index contributed by atoms with van der Waals surface area (Å²) in [5.74, 6) is -6.17. The summed E-state index contributed by atoms with van der Waals surface area (Å²) in [7, 11) is -1.02. The number of amides is 2. The second-order valence-electron chi connectivity index (χ2n) is 20.3. The summed E-state index contributed by atoms with van der Waals surface area (Å²) in [6, 6.07) is 11.2. The Kier molecular flexibility index (Phi) is 19.9. The number of hydrogen-bond donors (Lipinski definition) is 7. The number of nitrogens with one attached hydrogen (secondary N) is 3. The number of anilines is 2. The molecule has 448 valence electrons. The van der Waals surface area contributed by atoms with Gasteiger partial charge in [0.2, 0.25) is 11.7 Å². The molecule has 84 heavy (non-hydrogen) atoms. The van der Waals surface area contributed by atoms with Crippen LogP contribution >= 0.6 is 32.9 Å². The zero-order valence-electron chi connectivity index (χ0n) is 45.5. The van der Waals surface area contributed by atoms with Crippen LogP contribution in [-0.2, 0) is 39.2 Å². The van der Waals surface area contributed by atoms with Crippen LogP contribution in [0.25, 0.3) is 21.8 Å². The number of rotatable bonds is 20. The third-order valence-corrected chi connectivity index (χ3v) is 18.7. The van der Waals surface area contributed by atoms with Gasteiger partial charge in [-0.2, -0.15) is 0 Å². The molecule has 5 aromatic rings. The lowest BCUT2D eigenvalue weighted by molar-refractivity contribution is -0.243. The van der Waals surface area contributed by atoms with Crippen LogP contribution in [0.3, 0.4) is 0 Å². The Morgan fingerprint density at radius 1 is 0.940 bits per heavy atom. The highest BCUT2D eigenvalue weighted by atomic mass is 33.1. The molecule has 1 aliphatic heterocycles. The van der Waals surface area contributed by atoms with Gasteiger partial charge in [0, 0.05) is 58.7 Å². The van der Waals surface area contributed by atoms with Gasteiger partial charge in [-0.25, -0.2) is 46.1 Å². The number of methoxy groups -OCH3 is 1. The number of fused-ring (bicyclic) bond motifs is 1. The predicted molar refractivity (Wildman–Crippen MR) is 303 cm³/mol. The lowest BCUT2D eigenvalue weighted by atomic mass is 9.76. The number of Topliss-reactive ketones (excluding diaryl/α,β-unsaturated/α-hetero) is 2. The Morgan fingerprint density at radius 2 is 1.61 bits per heavy atom. The summed E-state index contributed by atoms with van der Waals surface area (Å²) < 4.78 is 101. The Bertz CT molecular complexity index is 3530. The van der Waals surface area contributed by atoms with Crippen molar-refractivity contribution in [3.05, 3.63) is 123 Å². The molecule has 2 aliphatic carbocycles. The van der Waals surface area contributed by atoms with Crippen molar-refractivity contribution >= 4 is 84.1 Å². The number of hydrogen-bond acceptors (Lipinski definition) is 22. The number of aliphatic hydroxyl groups is 4. The molecule has 2 fully saturated rings. The average molecular weight is 1240 g/mol. The molecule has 29 heteroatoms. The van der Waals surface area contributed by atoms with Crippen molar-refractivity contribution < 1.29 is 89.7 Å². The van der Waals surface area contributed by atoms with Crippen LogP contribution in [0.15, 0.2) is 94.7 Å². The van der Waals surface area contributed by atoms with E-state index in [0.29, 0.717) is 15.6 Å². The fraction of sp³-hybridized carbons (Fsp3) is 0.382. The van der Waals surface area contributed by atoms with Gasteiger partial charge in [-0.15, -0.1) is 11.3 Å². The number of alkyl carbamates (subject to hydrolysis) is 1. The number of nitrogens with zero attached hydrogens (tertiary/aromatic N) is 3. The van der Waals surface area contributed by atoms with Crippen LogP contribution in [-0.4, -0.2) is 148 Å². The summed E-state index contributed by atoms with van der Waals surface area (Å²) in [5, 5.41) is 49.3. The minimum absolute atomic E-state index is 0.0468. The van der Waals surface area contributed by atoms with E-state index < -0.39 is 128 Å². The zero-order valence-corrected chi connectivity index (χ0v) is 48.7. The lowest BCUT2D eigenvalue weighted by Gasteiger charge is -2.42. The molecule has 1 saturated heterocycles. The van der Waals surface area contributed by atoms with Crippen molar-refractivity contribution in [2.75, 3.05) is 48.5 Å². The van der Waals surface area contributed by atoms with Crippen molar-refractivity contribution in [1.29, 1.82) is 0 Å². The third kappa shape index (κ3) is 14.2. The molecule has 6 atom stereocenters. The minimum atomic E-state index is -4.93. The Hall–Kier alpha value is -6.96. The van der Waals surface area contributed by atoms with E-state index in [-0.39, 0.29) is 89.2 Å². The van der Waals surface area contributed by atoms with Gasteiger partial charge in [0.25, 0.3) is 10.0 Å². The first-order chi connectivity index (χ1) is 39.8. The van der Waals surface area contributed by atoms with E-state index >= 15 is 4.39 Å². The van der Waals surface area contributed by atoms with Gasteiger partial charge in [0.15, 0.2) is 28.6 Å². The molecule has 4 unspecified atom stereocenters. The Labute approximate surface area is 491 Å². The maximum atomic E-state index is 16.3. The topological polar surface area (TPSA) is 321 Å². The van der Waals surface area contributed by atoms with Gasteiger partial charge in [0.05, 0.1) is 63.5 Å². The van der Waals surface area contributed by atoms with Gasteiger partial charge >= 0.3 is 12.2 Å². The molecule has 3 aromatic carbocycles. The molecule has 0 radical (unpaired) electrons. The molecule has 3 heterocycles. The van der Waals surface area contributed by atoms with Crippen molar-refractivity contribution in [1.82, 2.24) is 20.3 Å². The van der Waals surface area contributed by atoms with E-state index in [0.717, 1.165) is 41.7 Å². The fourth-order valence-corrected chi connectivity index (χ4v) is 13.2. The lowest BCUT2D eigenvalue weighted by Crippen LogP contribution is -2.56. The van der Waals surface area contributed by atoms with Gasteiger partial charge in [0.1, 0.15) is 54.7 Å². The number of ketones is 3. The summed E-state index contributed by atoms with van der Waals surface area (Å²) in [6.07, 6.45) is -5.45. The summed E-state index contributed by atoms with van der Waals surface area (Å²) in [6.45, 7) is 5.98. The molecule has 22 nitrogen and oxygen atoms in total. The Morgan fingerprint density at radius 3 is 2.29 bits per heavy atom. The molecule has 0 spiro atoms. The van der Waals surface area contributed by atoms with Crippen molar-refractivity contribution in [2.45, 2.75) is 99.9 Å². The summed E-state index contributed by atoms with van der Waals surface area (Å²) in [5.41, 5.74) is -3.50. The SMILES string of the molecule is COc1cccc2c1C(=O)C(/C(O)=C1\CC[C@@](O)(C(=O)CO)C[C@@H]1OC1CC(NC(=O)OCCSSCCOC(=O)Nc3nccc(-c4sc(C(C)(C)C)nc4-c4cccc(NS(=O)(=O)c5c(F)cccc5F)c4F)n3)C(O)C(C)O1)=CC2=O. The number of allylic oxidation sites excluding steroid dienone is 2. The number of aromatic nitrogens is 3. The number of thiazole rings is 1. The van der Waals surface area contributed by atoms with E-state index in [1.807, 2.05) is 25.5 Å². The first-order valence-corrected chi connectivity index (χ1v) is 30.6. The fourth-order valence-electron chi connectivity index (χ4n) is 9.25. The second-order valence-corrected chi connectivity index (χ2v) is 25.6. The minimum Gasteiger partial charge on any atom is -0.507 e. The highest BCUT2D eigenvalue weighted by molar-refractivity contribution is 8.76. The van der Waals surface area contributed by atoms with E-state index in [1.165, 1.54) is 78.2 Å². The van der Waals surface area contributed by atoms with Crippen LogP contribution in [0.1, 0.15) is 79.1 Å². The maximum Gasteiger partial charge on any atom is 0.414 e. The normalized spacial score (nSPS) is 21.4. The number of aliphatic hydroxyl groups excluding tert-OH is 3. The number of halogens is 3. The van der Waals surface area contributed by atoms with Gasteiger partial charge in [-0.05, 0) is 56.2 Å². The van der Waals surface area contributed by atoms with Crippen LogP contribution in [0.4, 0.5) is 34.4 Å². The van der Waals surface area contributed by atoms with Crippen molar-refractivity contribution in [3.63, 3.8) is 0 Å².